The molecule has 0 unspecified atom stereocenters. The molecule has 0 radical (unpaired) electrons. The summed E-state index contributed by atoms with van der Waals surface area (Å²) in [5.41, 5.74) is 4.79. The fourth-order valence-electron chi connectivity index (χ4n) is 3.69. The number of hydrogen-bond donors (Lipinski definition) is 1. The van der Waals surface area contributed by atoms with Crippen LogP contribution in [0.1, 0.15) is 24.0 Å². The molecule has 120 valence electrons. The van der Waals surface area contributed by atoms with E-state index in [1.807, 2.05) is 12.1 Å². The van der Waals surface area contributed by atoms with Crippen LogP contribution in [0.2, 0.25) is 0 Å². The third-order valence-electron chi connectivity index (χ3n) is 4.65. The lowest BCUT2D eigenvalue weighted by Crippen LogP contribution is -2.53. The Morgan fingerprint density at radius 2 is 1.65 bits per heavy atom. The summed E-state index contributed by atoms with van der Waals surface area (Å²) in [5, 5.41) is 6.01. The lowest BCUT2D eigenvalue weighted by molar-refractivity contribution is -0.0551. The highest BCUT2D eigenvalue weighted by Gasteiger charge is 2.47. The van der Waals surface area contributed by atoms with Gasteiger partial charge in [0.2, 0.25) is 0 Å². The van der Waals surface area contributed by atoms with Crippen LogP contribution in [0, 0.1) is 0 Å². The predicted octanol–water partition coefficient (Wildman–Crippen LogP) is 3.16. The molecule has 1 heterocycles. The van der Waals surface area contributed by atoms with Crippen molar-refractivity contribution in [3.63, 3.8) is 0 Å². The first-order valence-electron chi connectivity index (χ1n) is 7.97. The lowest BCUT2D eigenvalue weighted by atomic mass is 9.79. The maximum absolute atomic E-state index is 6.23. The molecule has 1 fully saturated rings. The van der Waals surface area contributed by atoms with Crippen molar-refractivity contribution in [3.8, 4) is 0 Å². The van der Waals surface area contributed by atoms with E-state index in [9.17, 15) is 0 Å². The Morgan fingerprint density at radius 3 is 2.13 bits per heavy atom. The smallest absolute Gasteiger partial charge is 0.135 e. The van der Waals surface area contributed by atoms with Gasteiger partial charge in [-0.15, -0.1) is 0 Å². The maximum atomic E-state index is 6.23. The van der Waals surface area contributed by atoms with Crippen molar-refractivity contribution < 1.29 is 4.74 Å². The first-order chi connectivity index (χ1) is 11.3. The second kappa shape index (κ2) is 6.94. The van der Waals surface area contributed by atoms with Crippen molar-refractivity contribution in [2.24, 2.45) is 5.10 Å². The summed E-state index contributed by atoms with van der Waals surface area (Å²) in [4.78, 5) is 0. The fourth-order valence-corrected chi connectivity index (χ4v) is 3.69. The predicted molar refractivity (Wildman–Crippen MR) is 93.1 cm³/mol. The molecule has 0 saturated carbocycles. The molecule has 2 aromatic carbocycles. The molecule has 0 bridgehead atoms. The van der Waals surface area contributed by atoms with E-state index in [-0.39, 0.29) is 6.04 Å². The Hall–Kier alpha value is -2.17. The molecular weight excluding hydrogens is 286 g/mol. The van der Waals surface area contributed by atoms with Crippen LogP contribution in [-0.4, -0.2) is 31.4 Å². The van der Waals surface area contributed by atoms with Crippen LogP contribution in [0.5, 0.6) is 0 Å². The minimum atomic E-state index is -0.545. The zero-order valence-electron chi connectivity index (χ0n) is 13.5. The summed E-state index contributed by atoms with van der Waals surface area (Å²) in [7, 11) is 1.79. The zero-order valence-corrected chi connectivity index (χ0v) is 13.5. The van der Waals surface area contributed by atoms with E-state index in [1.165, 1.54) is 0 Å². The molecule has 4 heteroatoms. The number of ether oxygens (including phenoxy) is 1. The maximum Gasteiger partial charge on any atom is 0.135 e. The minimum Gasteiger partial charge on any atom is -0.367 e. The quantitative estimate of drug-likeness (QED) is 0.658. The molecule has 4 nitrogen and oxygen atoms in total. The summed E-state index contributed by atoms with van der Waals surface area (Å²) in [6, 6.07) is 21.0. The number of hydrazone groups is 1. The minimum absolute atomic E-state index is 0.141. The van der Waals surface area contributed by atoms with E-state index in [2.05, 4.69) is 70.9 Å². The van der Waals surface area contributed by atoms with Gasteiger partial charge in [-0.1, -0.05) is 60.7 Å². The molecule has 0 aromatic heterocycles. The van der Waals surface area contributed by atoms with Crippen LogP contribution in [0.3, 0.4) is 0 Å². The Bertz CT molecular complexity index is 590. The normalized spacial score (nSPS) is 18.7. The average Bonchev–Trinajstić information content (AvgIpc) is 3.07. The highest BCUT2D eigenvalue weighted by atomic mass is 16.5. The zero-order chi connectivity index (χ0) is 16.1. The number of nitrogens with zero attached hydrogens (tertiary/aromatic N) is 2. The number of nitrogens with one attached hydrogen (secondary N) is 1. The number of hydrazine groups is 1. The molecule has 1 N–H and O–H groups in total. The van der Waals surface area contributed by atoms with Gasteiger partial charge in [0.15, 0.2) is 0 Å². The highest BCUT2D eigenvalue weighted by molar-refractivity contribution is 5.39. The van der Waals surface area contributed by atoms with E-state index in [1.54, 1.807) is 7.11 Å². The van der Waals surface area contributed by atoms with Crippen LogP contribution in [-0.2, 0) is 10.3 Å². The summed E-state index contributed by atoms with van der Waals surface area (Å²) in [6.45, 7) is 4.49. The van der Waals surface area contributed by atoms with Crippen molar-refractivity contribution in [2.75, 3.05) is 13.7 Å². The van der Waals surface area contributed by atoms with E-state index < -0.39 is 5.60 Å². The van der Waals surface area contributed by atoms with E-state index in [0.717, 1.165) is 30.5 Å². The lowest BCUT2D eigenvalue weighted by Gasteiger charge is -2.42. The largest absolute Gasteiger partial charge is 0.367 e. The molecule has 0 spiro atoms. The third-order valence-corrected chi connectivity index (χ3v) is 4.65. The van der Waals surface area contributed by atoms with Gasteiger partial charge in [-0.2, -0.15) is 5.10 Å². The van der Waals surface area contributed by atoms with Crippen LogP contribution >= 0.6 is 0 Å². The molecule has 0 amide bonds. The van der Waals surface area contributed by atoms with Gasteiger partial charge >= 0.3 is 0 Å². The molecule has 23 heavy (non-hydrogen) atoms. The second-order valence-corrected chi connectivity index (χ2v) is 5.78. The third kappa shape index (κ3) is 2.76. The van der Waals surface area contributed by atoms with Gasteiger partial charge in [0.1, 0.15) is 5.60 Å². The van der Waals surface area contributed by atoms with Crippen molar-refractivity contribution in [3.05, 3.63) is 71.8 Å². The van der Waals surface area contributed by atoms with Crippen LogP contribution in [0.15, 0.2) is 65.8 Å². The van der Waals surface area contributed by atoms with Gasteiger partial charge in [0, 0.05) is 20.4 Å². The van der Waals surface area contributed by atoms with Gasteiger partial charge in [-0.05, 0) is 24.0 Å². The van der Waals surface area contributed by atoms with Gasteiger partial charge in [0.05, 0.1) is 6.04 Å². The summed E-state index contributed by atoms with van der Waals surface area (Å²) in [6.07, 6.45) is 2.12. The second-order valence-electron chi connectivity index (χ2n) is 5.78. The van der Waals surface area contributed by atoms with E-state index in [0.29, 0.717) is 0 Å². The SMILES string of the molecule is C=NNN1CCC[C@H]1C(OC)(c1ccccc1)c1ccccc1. The number of rotatable bonds is 6. The van der Waals surface area contributed by atoms with Crippen LogP contribution in [0.4, 0.5) is 0 Å². The monoisotopic (exact) mass is 309 g/mol. The van der Waals surface area contributed by atoms with Crippen molar-refractivity contribution in [1.29, 1.82) is 0 Å². The average molecular weight is 309 g/mol. The molecule has 2 aromatic rings. The highest BCUT2D eigenvalue weighted by Crippen LogP contribution is 2.42. The molecule has 1 aliphatic rings. The van der Waals surface area contributed by atoms with E-state index in [4.69, 9.17) is 4.74 Å². The molecule has 1 saturated heterocycles. The molecule has 0 aliphatic carbocycles. The van der Waals surface area contributed by atoms with Crippen molar-refractivity contribution in [1.82, 2.24) is 10.5 Å². The van der Waals surface area contributed by atoms with Gasteiger partial charge in [0.25, 0.3) is 0 Å². The van der Waals surface area contributed by atoms with Crippen LogP contribution in [0.25, 0.3) is 0 Å². The van der Waals surface area contributed by atoms with Crippen molar-refractivity contribution in [2.45, 2.75) is 24.5 Å². The molecule has 1 aliphatic heterocycles. The Morgan fingerprint density at radius 1 is 1.09 bits per heavy atom. The van der Waals surface area contributed by atoms with E-state index >= 15 is 0 Å². The first kappa shape index (κ1) is 15.7. The summed E-state index contributed by atoms with van der Waals surface area (Å²) >= 11 is 0. The topological polar surface area (TPSA) is 36.9 Å². The number of hydrogen-bond acceptors (Lipinski definition) is 4. The summed E-state index contributed by atoms with van der Waals surface area (Å²) < 4.78 is 6.23. The van der Waals surface area contributed by atoms with Gasteiger partial charge in [-0.25, -0.2) is 10.5 Å². The molecule has 1 atom stereocenters. The first-order valence-corrected chi connectivity index (χ1v) is 7.97. The van der Waals surface area contributed by atoms with Gasteiger partial charge in [-0.3, -0.25) is 0 Å². The van der Waals surface area contributed by atoms with Gasteiger partial charge < -0.3 is 4.74 Å². The number of benzene rings is 2. The number of methoxy groups -OCH3 is 1. The van der Waals surface area contributed by atoms with Crippen molar-refractivity contribution >= 4 is 6.72 Å². The summed E-state index contributed by atoms with van der Waals surface area (Å²) in [5.74, 6) is 0. The Labute approximate surface area is 137 Å². The Kier molecular flexibility index (Phi) is 4.74. The molecular formula is C19H23N3O. The Balaban J connectivity index is 2.15. The molecule has 3 rings (SSSR count). The fraction of sp³-hybridized carbons (Fsp3) is 0.316. The standard InChI is InChI=1S/C19H23N3O/c1-20-21-22-15-9-14-18(22)19(23-2,16-10-5-3-6-11-16)17-12-7-4-8-13-17/h3-8,10-13,18,21H,1,9,14-15H2,2H3/t18-/m0/s1. The van der Waals surface area contributed by atoms with Crippen LogP contribution < -0.4 is 5.53 Å².